The summed E-state index contributed by atoms with van der Waals surface area (Å²) in [6.45, 7) is 1.91. The number of nitrogens with zero attached hydrogens (tertiary/aromatic N) is 1. The number of carbonyl (C=O) groups excluding carboxylic acids is 1. The van der Waals surface area contributed by atoms with Gasteiger partial charge in [-0.1, -0.05) is 6.07 Å². The van der Waals surface area contributed by atoms with E-state index < -0.39 is 27.9 Å². The van der Waals surface area contributed by atoms with Crippen molar-refractivity contribution >= 4 is 21.9 Å². The fraction of sp³-hybridized carbons (Fsp3) is 0.385. The first-order valence-electron chi connectivity index (χ1n) is 6.39. The van der Waals surface area contributed by atoms with Gasteiger partial charge in [0.25, 0.3) is 5.91 Å². The van der Waals surface area contributed by atoms with Crippen molar-refractivity contribution in [2.75, 3.05) is 6.54 Å². The van der Waals surface area contributed by atoms with Crippen LogP contribution in [0, 0.1) is 6.92 Å². The molecule has 1 aliphatic heterocycles. The Morgan fingerprint density at radius 1 is 1.38 bits per heavy atom. The van der Waals surface area contributed by atoms with Crippen LogP contribution in [0.2, 0.25) is 0 Å². The summed E-state index contributed by atoms with van der Waals surface area (Å²) in [6, 6.07) is 3.30. The molecule has 1 atom stereocenters. The van der Waals surface area contributed by atoms with Gasteiger partial charge >= 0.3 is 5.97 Å². The Hall–Kier alpha value is -1.93. The average molecular weight is 312 g/mol. The summed E-state index contributed by atoms with van der Waals surface area (Å²) in [7, 11) is -3.93. The lowest BCUT2D eigenvalue weighted by molar-refractivity contribution is -0.141. The number of nitrogens with two attached hydrogens (primary N) is 1. The summed E-state index contributed by atoms with van der Waals surface area (Å²) in [5, 5.41) is 14.2. The maximum absolute atomic E-state index is 12.4. The van der Waals surface area contributed by atoms with Crippen LogP contribution >= 0.6 is 0 Å². The van der Waals surface area contributed by atoms with E-state index in [1.165, 1.54) is 23.1 Å². The Labute approximate surface area is 122 Å². The third-order valence-corrected chi connectivity index (χ3v) is 4.59. The van der Waals surface area contributed by atoms with Crippen molar-refractivity contribution in [3.63, 3.8) is 0 Å². The van der Waals surface area contributed by atoms with Gasteiger partial charge in [-0.25, -0.2) is 18.4 Å². The van der Waals surface area contributed by atoms with Crippen LogP contribution < -0.4 is 5.14 Å². The highest BCUT2D eigenvalue weighted by molar-refractivity contribution is 7.89. The van der Waals surface area contributed by atoms with E-state index >= 15 is 0 Å². The van der Waals surface area contributed by atoms with E-state index in [0.29, 0.717) is 24.9 Å². The number of benzene rings is 1. The maximum Gasteiger partial charge on any atom is 0.326 e. The molecule has 1 fully saturated rings. The summed E-state index contributed by atoms with van der Waals surface area (Å²) in [5.74, 6) is -1.55. The number of aryl methyl sites for hydroxylation is 1. The molecular weight excluding hydrogens is 296 g/mol. The molecule has 8 heteroatoms. The van der Waals surface area contributed by atoms with Crippen LogP contribution in [0.4, 0.5) is 0 Å². The van der Waals surface area contributed by atoms with Gasteiger partial charge in [0.1, 0.15) is 6.04 Å². The Bertz CT molecular complexity index is 699. The number of amides is 1. The third kappa shape index (κ3) is 3.06. The van der Waals surface area contributed by atoms with E-state index in [4.69, 9.17) is 10.2 Å². The van der Waals surface area contributed by atoms with Gasteiger partial charge in [0.2, 0.25) is 10.0 Å². The molecule has 1 aromatic rings. The minimum absolute atomic E-state index is 0.123. The molecule has 1 heterocycles. The number of rotatable bonds is 3. The highest BCUT2D eigenvalue weighted by atomic mass is 32.2. The molecule has 0 spiro atoms. The smallest absolute Gasteiger partial charge is 0.326 e. The normalized spacial score (nSPS) is 18.8. The number of carboxylic acids is 1. The summed E-state index contributed by atoms with van der Waals surface area (Å²) in [4.78, 5) is 24.6. The summed E-state index contributed by atoms with van der Waals surface area (Å²) < 4.78 is 23.0. The Morgan fingerprint density at radius 3 is 2.62 bits per heavy atom. The van der Waals surface area contributed by atoms with Crippen molar-refractivity contribution < 1.29 is 23.1 Å². The number of likely N-dealkylation sites (tertiary alicyclic amines) is 1. The number of sulfonamides is 1. The van der Waals surface area contributed by atoms with Crippen molar-refractivity contribution in [3.05, 3.63) is 29.3 Å². The number of primary sulfonamides is 1. The maximum atomic E-state index is 12.4. The highest BCUT2D eigenvalue weighted by Gasteiger charge is 2.34. The number of hydrogen-bond donors (Lipinski definition) is 2. The van der Waals surface area contributed by atoms with E-state index in [1.807, 2.05) is 0 Å². The fourth-order valence-electron chi connectivity index (χ4n) is 2.47. The molecule has 0 radical (unpaired) electrons. The molecule has 21 heavy (non-hydrogen) atoms. The summed E-state index contributed by atoms with van der Waals surface area (Å²) in [5.41, 5.74) is 0.558. The van der Waals surface area contributed by atoms with Crippen molar-refractivity contribution in [3.8, 4) is 0 Å². The quantitative estimate of drug-likeness (QED) is 0.834. The predicted molar refractivity (Wildman–Crippen MR) is 74.2 cm³/mol. The zero-order chi connectivity index (χ0) is 15.8. The van der Waals surface area contributed by atoms with Crippen LogP contribution in [0.5, 0.6) is 0 Å². The first kappa shape index (κ1) is 15.5. The van der Waals surface area contributed by atoms with Gasteiger partial charge in [-0.2, -0.15) is 0 Å². The van der Waals surface area contributed by atoms with Gasteiger partial charge in [-0.05, 0) is 37.5 Å². The summed E-state index contributed by atoms with van der Waals surface area (Å²) in [6.07, 6.45) is 1.01. The monoisotopic (exact) mass is 312 g/mol. The zero-order valence-corrected chi connectivity index (χ0v) is 12.3. The molecule has 1 aromatic carbocycles. The van der Waals surface area contributed by atoms with Crippen LogP contribution in [0.15, 0.2) is 23.1 Å². The highest BCUT2D eigenvalue weighted by Crippen LogP contribution is 2.22. The average Bonchev–Trinajstić information content (AvgIpc) is 2.86. The van der Waals surface area contributed by atoms with Crippen LogP contribution in [-0.4, -0.2) is 42.9 Å². The molecule has 1 amide bonds. The first-order valence-corrected chi connectivity index (χ1v) is 7.93. The van der Waals surface area contributed by atoms with Gasteiger partial charge < -0.3 is 10.0 Å². The standard InChI is InChI=1S/C13H16N2O5S/c1-8-4-5-9(7-11(8)21(14,19)20)12(16)15-6-2-3-10(15)13(17)18/h4-5,7,10H,2-3,6H2,1H3,(H,17,18)(H2,14,19,20). The van der Waals surface area contributed by atoms with Crippen LogP contribution in [-0.2, 0) is 14.8 Å². The molecule has 1 aliphatic rings. The molecule has 1 saturated heterocycles. The SMILES string of the molecule is Cc1ccc(C(=O)N2CCCC2C(=O)O)cc1S(N)(=O)=O. The van der Waals surface area contributed by atoms with E-state index in [9.17, 15) is 18.0 Å². The largest absolute Gasteiger partial charge is 0.480 e. The molecule has 0 bridgehead atoms. The van der Waals surface area contributed by atoms with Crippen molar-refractivity contribution in [1.82, 2.24) is 4.90 Å². The lowest BCUT2D eigenvalue weighted by atomic mass is 10.1. The zero-order valence-electron chi connectivity index (χ0n) is 11.4. The second kappa shape index (κ2) is 5.45. The molecule has 2 rings (SSSR count). The molecule has 0 aliphatic carbocycles. The molecule has 0 aromatic heterocycles. The molecule has 0 saturated carbocycles. The summed E-state index contributed by atoms with van der Waals surface area (Å²) >= 11 is 0. The Balaban J connectivity index is 2.39. The van der Waals surface area contributed by atoms with Gasteiger partial charge in [0.15, 0.2) is 0 Å². The lowest BCUT2D eigenvalue weighted by Gasteiger charge is -2.21. The number of carboxylic acid groups (broad SMARTS) is 1. The number of carbonyl (C=O) groups is 2. The second-order valence-electron chi connectivity index (χ2n) is 5.02. The van der Waals surface area contributed by atoms with Gasteiger partial charge in [0, 0.05) is 12.1 Å². The fourth-order valence-corrected chi connectivity index (χ4v) is 3.28. The van der Waals surface area contributed by atoms with Crippen molar-refractivity contribution in [2.24, 2.45) is 5.14 Å². The molecule has 7 nitrogen and oxygen atoms in total. The molecular formula is C13H16N2O5S. The van der Waals surface area contributed by atoms with Crippen LogP contribution in [0.1, 0.15) is 28.8 Å². The van der Waals surface area contributed by atoms with E-state index in [0.717, 1.165) is 0 Å². The van der Waals surface area contributed by atoms with Crippen molar-refractivity contribution in [2.45, 2.75) is 30.7 Å². The van der Waals surface area contributed by atoms with E-state index in [1.54, 1.807) is 6.92 Å². The molecule has 114 valence electrons. The Kier molecular flexibility index (Phi) is 4.02. The second-order valence-corrected chi connectivity index (χ2v) is 6.55. The van der Waals surface area contributed by atoms with Crippen LogP contribution in [0.3, 0.4) is 0 Å². The van der Waals surface area contributed by atoms with Gasteiger partial charge in [-0.15, -0.1) is 0 Å². The van der Waals surface area contributed by atoms with Gasteiger partial charge in [-0.3, -0.25) is 4.79 Å². The first-order chi connectivity index (χ1) is 9.71. The van der Waals surface area contributed by atoms with Crippen molar-refractivity contribution in [1.29, 1.82) is 0 Å². The molecule has 1 unspecified atom stereocenters. The predicted octanol–water partition coefficient (Wildman–Crippen LogP) is 0.332. The minimum atomic E-state index is -3.93. The topological polar surface area (TPSA) is 118 Å². The number of aliphatic carboxylic acids is 1. The lowest BCUT2D eigenvalue weighted by Crippen LogP contribution is -2.40. The van der Waals surface area contributed by atoms with E-state index in [-0.39, 0.29) is 10.5 Å². The molecule has 3 N–H and O–H groups in total. The number of hydrogen-bond acceptors (Lipinski definition) is 4. The minimum Gasteiger partial charge on any atom is -0.480 e. The Morgan fingerprint density at radius 2 is 2.05 bits per heavy atom. The third-order valence-electron chi connectivity index (χ3n) is 3.54. The van der Waals surface area contributed by atoms with E-state index in [2.05, 4.69) is 0 Å². The van der Waals surface area contributed by atoms with Crippen LogP contribution in [0.25, 0.3) is 0 Å². The van der Waals surface area contributed by atoms with Gasteiger partial charge in [0.05, 0.1) is 4.90 Å².